The molecule has 1 amide bonds. The van der Waals surface area contributed by atoms with E-state index in [9.17, 15) is 20.1 Å². The number of nitrogens with one attached hydrogen (secondary N) is 1. The molecule has 0 saturated carbocycles. The van der Waals surface area contributed by atoms with E-state index in [0.29, 0.717) is 12.8 Å². The molecule has 0 bridgehead atoms. The lowest BCUT2D eigenvalue weighted by Gasteiger charge is -2.26. The van der Waals surface area contributed by atoms with Gasteiger partial charge in [-0.1, -0.05) is 238 Å². The largest absolute Gasteiger partial charge is 0.394 e. The molecule has 0 radical (unpaired) electrons. The van der Waals surface area contributed by atoms with Crippen molar-refractivity contribution in [2.75, 3.05) is 6.61 Å². The highest BCUT2D eigenvalue weighted by Crippen LogP contribution is 2.17. The van der Waals surface area contributed by atoms with Crippen LogP contribution in [0.25, 0.3) is 0 Å². The Morgan fingerprint density at radius 1 is 0.444 bits per heavy atom. The zero-order valence-electron chi connectivity index (χ0n) is 36.6. The minimum Gasteiger partial charge on any atom is -0.394 e. The molecular formula is C49H97NO4. The third-order valence-corrected chi connectivity index (χ3v) is 11.6. The summed E-state index contributed by atoms with van der Waals surface area (Å²) < 4.78 is 0. The van der Waals surface area contributed by atoms with Gasteiger partial charge in [-0.3, -0.25) is 4.79 Å². The first-order chi connectivity index (χ1) is 26.6. The van der Waals surface area contributed by atoms with E-state index in [2.05, 4.69) is 31.3 Å². The van der Waals surface area contributed by atoms with Crippen molar-refractivity contribution in [3.63, 3.8) is 0 Å². The highest BCUT2D eigenvalue weighted by Gasteiger charge is 2.26. The van der Waals surface area contributed by atoms with Gasteiger partial charge >= 0.3 is 0 Å². The number of unbranched alkanes of at least 4 members (excludes halogenated alkanes) is 35. The second-order valence-electron chi connectivity index (χ2n) is 17.0. The molecule has 0 aliphatic carbocycles. The number of aliphatic hydroxyl groups excluding tert-OH is 3. The van der Waals surface area contributed by atoms with E-state index in [1.54, 1.807) is 0 Å². The Morgan fingerprint density at radius 2 is 0.741 bits per heavy atom. The molecule has 0 saturated heterocycles. The van der Waals surface area contributed by atoms with Gasteiger partial charge in [0, 0.05) is 6.42 Å². The molecule has 0 aliphatic heterocycles. The minimum atomic E-state index is -1.15. The first-order valence-corrected chi connectivity index (χ1v) is 24.5. The molecule has 322 valence electrons. The van der Waals surface area contributed by atoms with E-state index in [1.165, 1.54) is 205 Å². The lowest BCUT2D eigenvalue weighted by molar-refractivity contribution is -0.124. The van der Waals surface area contributed by atoms with E-state index < -0.39 is 18.2 Å². The lowest BCUT2D eigenvalue weighted by Crippen LogP contribution is -2.50. The molecule has 0 aromatic rings. The van der Waals surface area contributed by atoms with Crippen LogP contribution in [-0.4, -0.2) is 46.1 Å². The monoisotopic (exact) mass is 764 g/mol. The highest BCUT2D eigenvalue weighted by molar-refractivity contribution is 5.76. The van der Waals surface area contributed by atoms with Gasteiger partial charge in [0.05, 0.1) is 18.8 Å². The van der Waals surface area contributed by atoms with Crippen molar-refractivity contribution in [1.29, 1.82) is 0 Å². The fourth-order valence-electron chi connectivity index (χ4n) is 7.81. The van der Waals surface area contributed by atoms with Crippen molar-refractivity contribution in [2.45, 2.75) is 289 Å². The molecule has 0 aliphatic rings. The van der Waals surface area contributed by atoms with Crippen LogP contribution in [0.4, 0.5) is 0 Å². The molecule has 0 rings (SSSR count). The summed E-state index contributed by atoms with van der Waals surface area (Å²) in [6, 6.07) is -0.821. The molecule has 0 aromatic carbocycles. The van der Waals surface area contributed by atoms with Gasteiger partial charge in [0.25, 0.3) is 0 Å². The summed E-state index contributed by atoms with van der Waals surface area (Å²) in [5, 5.41) is 33.6. The second kappa shape index (κ2) is 44.8. The van der Waals surface area contributed by atoms with Crippen molar-refractivity contribution in [3.05, 3.63) is 12.2 Å². The molecule has 3 atom stereocenters. The SMILES string of the molecule is CCCCCCCCCCCCCCCCCCCC/C=C/CCCC(O)C(O)C(CO)NC(=O)CCCCCCCCCCCCCCCCCCC. The molecule has 5 heteroatoms. The van der Waals surface area contributed by atoms with Crippen LogP contribution in [0.3, 0.4) is 0 Å². The summed E-state index contributed by atoms with van der Waals surface area (Å²) in [6.45, 7) is 4.20. The standard InChI is InChI=1S/C49H97NO4/c1-3-5-7-9-11-13-15-17-19-21-22-23-24-25-26-28-29-31-33-35-37-39-41-43-47(52)49(54)46(45-51)50-48(53)44-42-40-38-36-34-32-30-27-20-18-16-14-12-10-8-6-4-2/h35,37,46-47,49,51-52,54H,3-34,36,38-45H2,1-2H3,(H,50,53)/b37-35+. The molecular weight excluding hydrogens is 667 g/mol. The molecule has 0 spiro atoms. The Balaban J connectivity index is 3.59. The van der Waals surface area contributed by atoms with Crippen LogP contribution in [-0.2, 0) is 4.79 Å². The number of hydrogen-bond acceptors (Lipinski definition) is 4. The van der Waals surface area contributed by atoms with Crippen LogP contribution < -0.4 is 5.32 Å². The van der Waals surface area contributed by atoms with E-state index in [4.69, 9.17) is 0 Å². The number of aliphatic hydroxyl groups is 3. The number of allylic oxidation sites excluding steroid dienone is 2. The molecule has 54 heavy (non-hydrogen) atoms. The Morgan fingerprint density at radius 3 is 1.07 bits per heavy atom. The van der Waals surface area contributed by atoms with Crippen molar-refractivity contribution in [2.24, 2.45) is 0 Å². The zero-order valence-corrected chi connectivity index (χ0v) is 36.6. The van der Waals surface area contributed by atoms with Crippen LogP contribution in [0.2, 0.25) is 0 Å². The van der Waals surface area contributed by atoms with Gasteiger partial charge in [-0.2, -0.15) is 0 Å². The Hall–Kier alpha value is -0.910. The predicted molar refractivity (Wildman–Crippen MR) is 236 cm³/mol. The van der Waals surface area contributed by atoms with Gasteiger partial charge in [-0.05, 0) is 38.5 Å². The average molecular weight is 764 g/mol. The molecule has 5 nitrogen and oxygen atoms in total. The number of amides is 1. The van der Waals surface area contributed by atoms with E-state index >= 15 is 0 Å². The lowest BCUT2D eigenvalue weighted by atomic mass is 10.0. The third-order valence-electron chi connectivity index (χ3n) is 11.6. The first-order valence-electron chi connectivity index (χ1n) is 24.5. The maximum atomic E-state index is 12.4. The van der Waals surface area contributed by atoms with Gasteiger partial charge in [0.15, 0.2) is 0 Å². The molecule has 0 heterocycles. The molecule has 0 fully saturated rings. The van der Waals surface area contributed by atoms with Crippen LogP contribution in [0, 0.1) is 0 Å². The Labute approximate surface area is 338 Å². The molecule has 0 aromatic heterocycles. The maximum absolute atomic E-state index is 12.4. The van der Waals surface area contributed by atoms with Gasteiger partial charge in [0.1, 0.15) is 6.10 Å². The van der Waals surface area contributed by atoms with Crippen molar-refractivity contribution in [1.82, 2.24) is 5.32 Å². The van der Waals surface area contributed by atoms with Crippen molar-refractivity contribution < 1.29 is 20.1 Å². The fraction of sp³-hybridized carbons (Fsp3) is 0.939. The number of carbonyl (C=O) groups is 1. The number of hydrogen-bond donors (Lipinski definition) is 4. The smallest absolute Gasteiger partial charge is 0.220 e. The number of carbonyl (C=O) groups excluding carboxylic acids is 1. The Kier molecular flexibility index (Phi) is 44.0. The van der Waals surface area contributed by atoms with Crippen LogP contribution >= 0.6 is 0 Å². The maximum Gasteiger partial charge on any atom is 0.220 e. The zero-order chi connectivity index (χ0) is 39.4. The van der Waals surface area contributed by atoms with Crippen molar-refractivity contribution >= 4 is 5.91 Å². The van der Waals surface area contributed by atoms with E-state index in [-0.39, 0.29) is 12.5 Å². The number of rotatable bonds is 45. The van der Waals surface area contributed by atoms with Gasteiger partial charge in [0.2, 0.25) is 5.91 Å². The average Bonchev–Trinajstić information content (AvgIpc) is 3.18. The van der Waals surface area contributed by atoms with Crippen LogP contribution in [0.1, 0.15) is 271 Å². The normalized spacial score (nSPS) is 13.5. The summed E-state index contributed by atoms with van der Waals surface area (Å²) >= 11 is 0. The Bertz CT molecular complexity index is 758. The topological polar surface area (TPSA) is 89.8 Å². The quantitative estimate of drug-likeness (QED) is 0.0367. The molecule has 3 unspecified atom stereocenters. The van der Waals surface area contributed by atoms with E-state index in [0.717, 1.165) is 38.5 Å². The summed E-state index contributed by atoms with van der Waals surface area (Å²) in [5.74, 6) is -0.149. The fourth-order valence-corrected chi connectivity index (χ4v) is 7.81. The van der Waals surface area contributed by atoms with Gasteiger partial charge in [-0.15, -0.1) is 0 Å². The summed E-state index contributed by atoms with van der Waals surface area (Å²) in [5.41, 5.74) is 0. The predicted octanol–water partition coefficient (Wildman–Crippen LogP) is 14.4. The summed E-state index contributed by atoms with van der Waals surface area (Å²) in [7, 11) is 0. The van der Waals surface area contributed by atoms with Gasteiger partial charge in [-0.25, -0.2) is 0 Å². The van der Waals surface area contributed by atoms with Gasteiger partial charge < -0.3 is 20.6 Å². The first kappa shape index (κ1) is 53.1. The summed E-state index contributed by atoms with van der Waals surface area (Å²) in [6.07, 6.45) is 53.4. The summed E-state index contributed by atoms with van der Waals surface area (Å²) in [4.78, 5) is 12.4. The minimum absolute atomic E-state index is 0.149. The second-order valence-corrected chi connectivity index (χ2v) is 17.0. The van der Waals surface area contributed by atoms with Crippen LogP contribution in [0.5, 0.6) is 0 Å². The van der Waals surface area contributed by atoms with Crippen molar-refractivity contribution in [3.8, 4) is 0 Å². The third kappa shape index (κ3) is 39.3. The van der Waals surface area contributed by atoms with E-state index in [1.807, 2.05) is 0 Å². The highest BCUT2D eigenvalue weighted by atomic mass is 16.3. The molecule has 4 N–H and O–H groups in total. The van der Waals surface area contributed by atoms with Crippen LogP contribution in [0.15, 0.2) is 12.2 Å².